The minimum absolute atomic E-state index is 0.284. The third kappa shape index (κ3) is 6.17. The Morgan fingerprint density at radius 1 is 0.718 bits per heavy atom. The lowest BCUT2D eigenvalue weighted by Crippen LogP contribution is -2.22. The first-order valence-electron chi connectivity index (χ1n) is 12.8. The summed E-state index contributed by atoms with van der Waals surface area (Å²) in [5, 5.41) is 13.8. The predicted molar refractivity (Wildman–Crippen MR) is 163 cm³/mol. The molecule has 0 radical (unpaired) electrons. The molecule has 0 heterocycles. The Morgan fingerprint density at radius 3 is 1.87 bits per heavy atom. The second kappa shape index (κ2) is 12.4. The molecule has 0 bridgehead atoms. The fourth-order valence-electron chi connectivity index (χ4n) is 4.71. The molecule has 5 rings (SSSR count). The van der Waals surface area contributed by atoms with Crippen molar-refractivity contribution < 1.29 is 14.6 Å². The fourth-order valence-corrected chi connectivity index (χ4v) is 7.18. The molecule has 0 atom stereocenters. The van der Waals surface area contributed by atoms with E-state index < -0.39 is 13.9 Å². The second-order valence-electron chi connectivity index (χ2n) is 9.11. The Balaban J connectivity index is 1.67. The van der Waals surface area contributed by atoms with Gasteiger partial charge in [0.1, 0.15) is 5.75 Å². The van der Waals surface area contributed by atoms with Crippen molar-refractivity contribution in [2.45, 2.75) is 6.42 Å². The van der Waals surface area contributed by atoms with Gasteiger partial charge in [-0.05, 0) is 64.3 Å². The fraction of sp³-hybridized carbons (Fsp3) is 0.0571. The molecule has 0 unspecified atom stereocenters. The van der Waals surface area contributed by atoms with Crippen LogP contribution in [0.4, 0.5) is 0 Å². The lowest BCUT2D eigenvalue weighted by Gasteiger charge is -2.23. The first-order chi connectivity index (χ1) is 19.1. The van der Waals surface area contributed by atoms with Crippen LogP contribution in [0.25, 0.3) is 17.2 Å². The average molecular weight is 529 g/mol. The number of carboxylic acid groups (broad SMARTS) is 1. The first kappa shape index (κ1) is 26.2. The van der Waals surface area contributed by atoms with E-state index in [-0.39, 0.29) is 6.42 Å². The van der Waals surface area contributed by atoms with Gasteiger partial charge in [0.2, 0.25) is 0 Å². The van der Waals surface area contributed by atoms with E-state index in [4.69, 9.17) is 4.74 Å². The Kier molecular flexibility index (Phi) is 8.31. The summed E-state index contributed by atoms with van der Waals surface area (Å²) in [7, 11) is 0.795. The van der Waals surface area contributed by atoms with E-state index in [2.05, 4.69) is 66.7 Å². The minimum Gasteiger partial charge on any atom is -0.497 e. The summed E-state index contributed by atoms with van der Waals surface area (Å²) < 4.78 is 5.62. The number of hydrogen-bond donors (Lipinski definition) is 1. The van der Waals surface area contributed by atoms with Gasteiger partial charge in [0.05, 0.1) is 7.11 Å². The molecule has 0 aliphatic carbocycles. The lowest BCUT2D eigenvalue weighted by molar-refractivity contribution is -0.132. The van der Waals surface area contributed by atoms with Crippen LogP contribution in [0, 0.1) is 0 Å². The van der Waals surface area contributed by atoms with E-state index in [1.54, 1.807) is 13.2 Å². The van der Waals surface area contributed by atoms with Crippen molar-refractivity contribution in [3.8, 4) is 16.9 Å². The van der Waals surface area contributed by atoms with Crippen molar-refractivity contribution in [1.82, 2.24) is 0 Å². The van der Waals surface area contributed by atoms with Gasteiger partial charge in [-0.2, -0.15) is 0 Å². The molecule has 0 aromatic heterocycles. The molecule has 1 N–H and O–H groups in total. The number of carboxylic acids is 1. The number of hydrogen-bond acceptors (Lipinski definition) is 2. The zero-order valence-corrected chi connectivity index (χ0v) is 22.6. The number of ether oxygens (including phenoxy) is 1. The quantitative estimate of drug-likeness (QED) is 0.169. The molecule has 192 valence electrons. The van der Waals surface area contributed by atoms with Gasteiger partial charge in [-0.15, -0.1) is 0 Å². The molecule has 0 aliphatic rings. The van der Waals surface area contributed by atoms with Crippen LogP contribution in [0.2, 0.25) is 0 Å². The highest BCUT2D eigenvalue weighted by Gasteiger charge is 2.22. The SMILES string of the molecule is COc1ccc(C/C(=C\c2ccccc2)C(=O)O)c(-c2ccccc2P(c2ccccc2)c2ccccc2)c1. The summed E-state index contributed by atoms with van der Waals surface area (Å²) in [5.41, 5.74) is 4.18. The molecular weight excluding hydrogens is 499 g/mol. The van der Waals surface area contributed by atoms with Crippen molar-refractivity contribution in [2.24, 2.45) is 0 Å². The van der Waals surface area contributed by atoms with Crippen LogP contribution in [0.3, 0.4) is 0 Å². The summed E-state index contributed by atoms with van der Waals surface area (Å²) in [5.74, 6) is -0.194. The van der Waals surface area contributed by atoms with Crippen LogP contribution in [0.1, 0.15) is 11.1 Å². The summed E-state index contributed by atoms with van der Waals surface area (Å²) in [6.07, 6.45) is 2.04. The van der Waals surface area contributed by atoms with Gasteiger partial charge in [0.15, 0.2) is 0 Å². The van der Waals surface area contributed by atoms with Crippen molar-refractivity contribution in [1.29, 1.82) is 0 Å². The van der Waals surface area contributed by atoms with Crippen molar-refractivity contribution in [3.63, 3.8) is 0 Å². The van der Waals surface area contributed by atoms with Gasteiger partial charge in [-0.1, -0.05) is 121 Å². The topological polar surface area (TPSA) is 46.5 Å². The largest absolute Gasteiger partial charge is 0.497 e. The van der Waals surface area contributed by atoms with E-state index in [9.17, 15) is 9.90 Å². The Hall–Kier alpha value is -4.46. The Morgan fingerprint density at radius 2 is 1.28 bits per heavy atom. The highest BCUT2D eigenvalue weighted by Crippen LogP contribution is 2.39. The number of methoxy groups -OCH3 is 1. The van der Waals surface area contributed by atoms with Crippen molar-refractivity contribution in [3.05, 3.63) is 150 Å². The molecule has 5 aromatic rings. The van der Waals surface area contributed by atoms with Gasteiger partial charge in [-0.3, -0.25) is 0 Å². The third-order valence-corrected chi connectivity index (χ3v) is 9.08. The zero-order valence-electron chi connectivity index (χ0n) is 21.7. The van der Waals surface area contributed by atoms with Crippen LogP contribution in [0.15, 0.2) is 139 Å². The lowest BCUT2D eigenvalue weighted by atomic mass is 9.93. The monoisotopic (exact) mass is 528 g/mol. The van der Waals surface area contributed by atoms with Crippen LogP contribution in [0.5, 0.6) is 5.75 Å². The first-order valence-corrected chi connectivity index (χ1v) is 14.1. The van der Waals surface area contributed by atoms with E-state index in [1.807, 2.05) is 66.7 Å². The van der Waals surface area contributed by atoms with E-state index in [0.29, 0.717) is 5.57 Å². The minimum atomic E-state index is -0.926. The maximum atomic E-state index is 12.3. The summed E-state index contributed by atoms with van der Waals surface area (Å²) >= 11 is 0. The zero-order chi connectivity index (χ0) is 27.0. The van der Waals surface area contributed by atoms with E-state index in [1.165, 1.54) is 15.9 Å². The highest BCUT2D eigenvalue weighted by atomic mass is 31.1. The maximum absolute atomic E-state index is 12.3. The molecular formula is C35H29O3P. The number of benzene rings is 5. The smallest absolute Gasteiger partial charge is 0.331 e. The van der Waals surface area contributed by atoms with E-state index in [0.717, 1.165) is 28.0 Å². The number of rotatable bonds is 9. The Labute approximate surface area is 230 Å². The molecule has 39 heavy (non-hydrogen) atoms. The highest BCUT2D eigenvalue weighted by molar-refractivity contribution is 7.80. The van der Waals surface area contributed by atoms with Crippen molar-refractivity contribution >= 4 is 35.9 Å². The second-order valence-corrected chi connectivity index (χ2v) is 11.3. The van der Waals surface area contributed by atoms with Crippen LogP contribution < -0.4 is 20.7 Å². The van der Waals surface area contributed by atoms with Crippen molar-refractivity contribution in [2.75, 3.05) is 7.11 Å². The molecule has 0 aliphatic heterocycles. The Bertz CT molecular complexity index is 1540. The molecule has 0 spiro atoms. The maximum Gasteiger partial charge on any atom is 0.331 e. The molecule has 5 aromatic carbocycles. The predicted octanol–water partition coefficient (Wildman–Crippen LogP) is 6.83. The molecule has 4 heteroatoms. The average Bonchev–Trinajstić information content (AvgIpc) is 2.99. The molecule has 0 saturated heterocycles. The molecule has 0 amide bonds. The number of carbonyl (C=O) groups is 1. The van der Waals surface area contributed by atoms with Gasteiger partial charge in [0, 0.05) is 12.0 Å². The molecule has 3 nitrogen and oxygen atoms in total. The normalized spacial score (nSPS) is 11.4. The molecule has 0 saturated carbocycles. The van der Waals surface area contributed by atoms with Crippen LogP contribution in [-0.2, 0) is 11.2 Å². The summed E-state index contributed by atoms with van der Waals surface area (Å²) in [6.45, 7) is 0. The van der Waals surface area contributed by atoms with E-state index >= 15 is 0 Å². The van der Waals surface area contributed by atoms with Crippen LogP contribution >= 0.6 is 7.92 Å². The van der Waals surface area contributed by atoms with Gasteiger partial charge in [0.25, 0.3) is 0 Å². The van der Waals surface area contributed by atoms with Gasteiger partial charge >= 0.3 is 5.97 Å². The number of aliphatic carboxylic acids is 1. The third-order valence-electron chi connectivity index (χ3n) is 6.58. The van der Waals surface area contributed by atoms with Gasteiger partial charge in [-0.25, -0.2) is 4.79 Å². The molecule has 0 fully saturated rings. The standard InChI is InChI=1S/C35H29O3P/c1-38-29-22-21-27(24-28(35(36)37)23-26-13-5-2-6-14-26)33(25-29)32-19-11-12-20-34(32)39(30-15-7-3-8-16-30)31-17-9-4-10-18-31/h2-23,25H,24H2,1H3,(H,36,37)/b28-23+. The van der Waals surface area contributed by atoms with Gasteiger partial charge < -0.3 is 9.84 Å². The summed E-state index contributed by atoms with van der Waals surface area (Å²) in [4.78, 5) is 12.3. The summed E-state index contributed by atoms with van der Waals surface area (Å²) in [6, 6.07) is 45.1. The van der Waals surface area contributed by atoms with Crippen LogP contribution in [-0.4, -0.2) is 18.2 Å².